The lowest BCUT2D eigenvalue weighted by molar-refractivity contribution is -0.145. The fraction of sp³-hybridized carbons (Fsp3) is 0.750. The molecule has 0 N–H and O–H groups in total. The number of carbonyl (C=O) groups excluding carboxylic acids is 2. The normalized spacial score (nSPS) is 22.0. The van der Waals surface area contributed by atoms with E-state index >= 15 is 0 Å². The Morgan fingerprint density at radius 1 is 1.50 bits per heavy atom. The number of ether oxygens (including phenoxy) is 1. The highest BCUT2D eigenvalue weighted by atomic mass is 35.5. The van der Waals surface area contributed by atoms with Crippen molar-refractivity contribution < 1.29 is 14.3 Å². The Hall–Kier alpha value is -0.570. The Kier molecular flexibility index (Phi) is 2.73. The van der Waals surface area contributed by atoms with Crippen molar-refractivity contribution in [3.8, 4) is 0 Å². The Bertz CT molecular complexity index is 202. The largest absolute Gasteiger partial charge is 0.468 e. The van der Waals surface area contributed by atoms with Crippen molar-refractivity contribution in [1.29, 1.82) is 0 Å². The van der Waals surface area contributed by atoms with Crippen LogP contribution in [0.3, 0.4) is 0 Å². The molecule has 12 heavy (non-hydrogen) atoms. The average molecular weight is 191 g/mol. The molecule has 68 valence electrons. The van der Waals surface area contributed by atoms with Gasteiger partial charge in [-0.2, -0.15) is 0 Å². The smallest absolute Gasteiger partial charge is 0.326 e. The van der Waals surface area contributed by atoms with Crippen LogP contribution in [0.15, 0.2) is 0 Å². The van der Waals surface area contributed by atoms with Gasteiger partial charge >= 0.3 is 5.97 Å². The molecule has 0 heterocycles. The van der Waals surface area contributed by atoms with Gasteiger partial charge in [-0.15, -0.1) is 11.6 Å². The van der Waals surface area contributed by atoms with E-state index in [-0.39, 0.29) is 5.78 Å². The number of halogens is 1. The van der Waals surface area contributed by atoms with Crippen molar-refractivity contribution in [1.82, 2.24) is 0 Å². The van der Waals surface area contributed by atoms with Gasteiger partial charge in [-0.1, -0.05) is 0 Å². The summed E-state index contributed by atoms with van der Waals surface area (Å²) in [5, 5.41) is 0. The van der Waals surface area contributed by atoms with Crippen LogP contribution < -0.4 is 0 Å². The van der Waals surface area contributed by atoms with Crippen molar-refractivity contribution in [3.05, 3.63) is 0 Å². The number of hydrogen-bond acceptors (Lipinski definition) is 3. The second-order valence-electron chi connectivity index (χ2n) is 3.00. The number of Topliss-reactive ketones (excluding diaryl/α,β-unsaturated/α-hetero) is 1. The number of alkyl halides is 1. The van der Waals surface area contributed by atoms with Crippen LogP contribution in [0.5, 0.6) is 0 Å². The van der Waals surface area contributed by atoms with Gasteiger partial charge in [0.1, 0.15) is 10.7 Å². The maximum absolute atomic E-state index is 11.1. The topological polar surface area (TPSA) is 43.4 Å². The van der Waals surface area contributed by atoms with Gasteiger partial charge in [-0.25, -0.2) is 0 Å². The molecule has 3 nitrogen and oxygen atoms in total. The van der Waals surface area contributed by atoms with Gasteiger partial charge in [-0.05, 0) is 12.8 Å². The highest BCUT2D eigenvalue weighted by Gasteiger charge is 2.40. The van der Waals surface area contributed by atoms with E-state index in [0.717, 1.165) is 0 Å². The molecule has 1 rings (SSSR count). The fourth-order valence-corrected chi connectivity index (χ4v) is 1.58. The average Bonchev–Trinajstić information content (AvgIpc) is 2.09. The van der Waals surface area contributed by atoms with E-state index in [1.807, 2.05) is 0 Å². The first kappa shape index (κ1) is 9.52. The molecule has 0 unspecified atom stereocenters. The molecule has 1 saturated carbocycles. The summed E-state index contributed by atoms with van der Waals surface area (Å²) in [6.07, 6.45) is 1.58. The van der Waals surface area contributed by atoms with Crippen molar-refractivity contribution in [3.63, 3.8) is 0 Å². The van der Waals surface area contributed by atoms with E-state index in [4.69, 9.17) is 11.6 Å². The molecule has 0 aromatic heterocycles. The van der Waals surface area contributed by atoms with Crippen LogP contribution in [-0.4, -0.2) is 23.7 Å². The van der Waals surface area contributed by atoms with Crippen molar-refractivity contribution >= 4 is 23.4 Å². The van der Waals surface area contributed by atoms with E-state index in [2.05, 4.69) is 4.74 Å². The molecule has 0 radical (unpaired) electrons. The van der Waals surface area contributed by atoms with Gasteiger partial charge in [0.05, 0.1) is 7.11 Å². The molecule has 1 fully saturated rings. The first-order valence-corrected chi connectivity index (χ1v) is 4.25. The van der Waals surface area contributed by atoms with Crippen molar-refractivity contribution in [2.75, 3.05) is 7.11 Å². The van der Waals surface area contributed by atoms with Gasteiger partial charge in [-0.3, -0.25) is 9.59 Å². The number of esters is 1. The van der Waals surface area contributed by atoms with E-state index in [0.29, 0.717) is 25.7 Å². The second-order valence-corrected chi connectivity index (χ2v) is 3.72. The Morgan fingerprint density at radius 3 is 2.42 bits per heavy atom. The van der Waals surface area contributed by atoms with Crippen LogP contribution in [0, 0.1) is 0 Å². The maximum Gasteiger partial charge on any atom is 0.326 e. The van der Waals surface area contributed by atoms with E-state index in [1.54, 1.807) is 0 Å². The third kappa shape index (κ3) is 1.78. The zero-order valence-electron chi connectivity index (χ0n) is 6.93. The predicted molar refractivity (Wildman–Crippen MR) is 44.1 cm³/mol. The Labute approximate surface area is 76.0 Å². The van der Waals surface area contributed by atoms with Crippen LogP contribution in [0.2, 0.25) is 0 Å². The molecule has 1 aliphatic rings. The highest BCUT2D eigenvalue weighted by molar-refractivity contribution is 6.34. The standard InChI is InChI=1S/C8H11ClO3/c1-12-7(11)8(9)4-2-6(10)3-5-8/h2-5H2,1H3. The van der Waals surface area contributed by atoms with Crippen LogP contribution in [-0.2, 0) is 14.3 Å². The lowest BCUT2D eigenvalue weighted by Gasteiger charge is -2.27. The zero-order chi connectivity index (χ0) is 9.19. The monoisotopic (exact) mass is 190 g/mol. The molecule has 0 aromatic carbocycles. The number of hydrogen-bond donors (Lipinski definition) is 0. The minimum absolute atomic E-state index is 0.176. The minimum Gasteiger partial charge on any atom is -0.468 e. The molecule has 0 aromatic rings. The van der Waals surface area contributed by atoms with Crippen molar-refractivity contribution in [2.45, 2.75) is 30.6 Å². The number of ketones is 1. The van der Waals surface area contributed by atoms with Gasteiger partial charge in [0.15, 0.2) is 0 Å². The first-order chi connectivity index (χ1) is 5.58. The number of methoxy groups -OCH3 is 1. The van der Waals surface area contributed by atoms with E-state index < -0.39 is 10.8 Å². The lowest BCUT2D eigenvalue weighted by atomic mass is 9.88. The van der Waals surface area contributed by atoms with Crippen LogP contribution in [0.1, 0.15) is 25.7 Å². The summed E-state index contributed by atoms with van der Waals surface area (Å²) in [7, 11) is 1.31. The fourth-order valence-electron chi connectivity index (χ4n) is 1.31. The molecule has 1 aliphatic carbocycles. The zero-order valence-corrected chi connectivity index (χ0v) is 7.69. The number of rotatable bonds is 1. The minimum atomic E-state index is -0.942. The molecule has 0 bridgehead atoms. The Morgan fingerprint density at radius 2 is 2.00 bits per heavy atom. The molecule has 0 aliphatic heterocycles. The van der Waals surface area contributed by atoms with Crippen LogP contribution in [0.4, 0.5) is 0 Å². The third-order valence-electron chi connectivity index (χ3n) is 2.15. The molecule has 0 saturated heterocycles. The second kappa shape index (κ2) is 3.44. The molecular formula is C8H11ClO3. The predicted octanol–water partition coefficient (Wildman–Crippen LogP) is 1.28. The van der Waals surface area contributed by atoms with Gasteiger partial charge in [0, 0.05) is 12.8 Å². The summed E-state index contributed by atoms with van der Waals surface area (Å²) >= 11 is 5.96. The van der Waals surface area contributed by atoms with Gasteiger partial charge in [0.2, 0.25) is 0 Å². The SMILES string of the molecule is COC(=O)C1(Cl)CCC(=O)CC1. The highest BCUT2D eigenvalue weighted by Crippen LogP contribution is 2.33. The number of carbonyl (C=O) groups is 2. The summed E-state index contributed by atoms with van der Waals surface area (Å²) in [6.45, 7) is 0. The van der Waals surface area contributed by atoms with E-state index in [9.17, 15) is 9.59 Å². The molecule has 0 atom stereocenters. The molecule has 0 spiro atoms. The molecule has 0 amide bonds. The molecule has 4 heteroatoms. The quantitative estimate of drug-likeness (QED) is 0.462. The summed E-state index contributed by atoms with van der Waals surface area (Å²) in [4.78, 5) is 21.0. The Balaban J connectivity index is 2.61. The van der Waals surface area contributed by atoms with Crippen molar-refractivity contribution in [2.24, 2.45) is 0 Å². The first-order valence-electron chi connectivity index (χ1n) is 3.87. The summed E-state index contributed by atoms with van der Waals surface area (Å²) in [5.74, 6) is -0.244. The lowest BCUT2D eigenvalue weighted by Crippen LogP contribution is -2.37. The van der Waals surface area contributed by atoms with Crippen LogP contribution >= 0.6 is 11.6 Å². The summed E-state index contributed by atoms with van der Waals surface area (Å²) < 4.78 is 4.55. The summed E-state index contributed by atoms with van der Waals surface area (Å²) in [6, 6.07) is 0. The third-order valence-corrected chi connectivity index (χ3v) is 2.68. The maximum atomic E-state index is 11.1. The van der Waals surface area contributed by atoms with Gasteiger partial charge in [0.25, 0.3) is 0 Å². The van der Waals surface area contributed by atoms with E-state index in [1.165, 1.54) is 7.11 Å². The molecular weight excluding hydrogens is 180 g/mol. The summed E-state index contributed by atoms with van der Waals surface area (Å²) in [5.41, 5.74) is 0. The van der Waals surface area contributed by atoms with Gasteiger partial charge < -0.3 is 4.74 Å². The van der Waals surface area contributed by atoms with Crippen LogP contribution in [0.25, 0.3) is 0 Å².